The maximum absolute atomic E-state index is 12.5. The summed E-state index contributed by atoms with van der Waals surface area (Å²) in [6, 6.07) is 8.07. The Morgan fingerprint density at radius 3 is 2.63 bits per heavy atom. The van der Waals surface area contributed by atoms with Gasteiger partial charge in [0, 0.05) is 0 Å². The lowest BCUT2D eigenvalue weighted by Crippen LogP contribution is -2.39. The molecule has 0 unspecified atom stereocenters. The van der Waals surface area contributed by atoms with Gasteiger partial charge in [-0.05, 0) is 36.2 Å². The summed E-state index contributed by atoms with van der Waals surface area (Å²) in [5.74, 6) is -1.07. The molecule has 0 aromatic heterocycles. The van der Waals surface area contributed by atoms with Crippen molar-refractivity contribution in [1.29, 1.82) is 0 Å². The minimum atomic E-state index is -2.23. The molecule has 0 aliphatic heterocycles. The summed E-state index contributed by atoms with van der Waals surface area (Å²) in [5, 5.41) is 0. The van der Waals surface area contributed by atoms with Crippen LogP contribution in [0.2, 0.25) is 0 Å². The van der Waals surface area contributed by atoms with Gasteiger partial charge in [-0.15, -0.1) is 0 Å². The molecule has 1 fully saturated rings. The Balaban J connectivity index is 2.01. The van der Waals surface area contributed by atoms with Gasteiger partial charge in [0.2, 0.25) is 0 Å². The van der Waals surface area contributed by atoms with Crippen molar-refractivity contribution in [3.05, 3.63) is 41.4 Å². The summed E-state index contributed by atoms with van der Waals surface area (Å²) in [4.78, 5) is 27.6. The molecule has 0 spiro atoms. The molecule has 2 rings (SSSR count). The molecule has 1 aromatic carbocycles. The van der Waals surface area contributed by atoms with Gasteiger partial charge in [-0.2, -0.15) is 4.79 Å². The SMILES string of the molecule is [2H]C([2H])(OCC(=O)C(=[N+]=[N-])C(=O)O[C@@H]1C[C@H](C)CC[C@H]1C(C)C)c1ccccc1. The van der Waals surface area contributed by atoms with Crippen molar-refractivity contribution in [2.45, 2.75) is 52.7 Å². The third-order valence-corrected chi connectivity index (χ3v) is 4.94. The summed E-state index contributed by atoms with van der Waals surface area (Å²) in [6.45, 7) is 3.22. The number of Topliss-reactive ketones (excluding diaryl/α,β-unsaturated/α-hetero) is 1. The zero-order valence-corrected chi connectivity index (χ0v) is 16.1. The van der Waals surface area contributed by atoms with Crippen LogP contribution in [-0.2, 0) is 25.6 Å². The van der Waals surface area contributed by atoms with Gasteiger partial charge < -0.3 is 15.0 Å². The first-order chi connectivity index (χ1) is 13.7. The number of ether oxygens (including phenoxy) is 2. The van der Waals surface area contributed by atoms with Crippen molar-refractivity contribution in [3.8, 4) is 0 Å². The lowest BCUT2D eigenvalue weighted by Gasteiger charge is -2.36. The summed E-state index contributed by atoms with van der Waals surface area (Å²) in [7, 11) is 0. The molecule has 1 aromatic rings. The number of rotatable bonds is 8. The number of ketones is 1. The summed E-state index contributed by atoms with van der Waals surface area (Å²) in [5.41, 5.74) is 8.63. The first-order valence-electron chi connectivity index (χ1n) is 10.3. The average molecular weight is 374 g/mol. The highest BCUT2D eigenvalue weighted by atomic mass is 16.5. The molecule has 1 saturated carbocycles. The standard InChI is InChI=1S/C21H28N2O4/c1-14(2)17-10-9-15(3)11-19(17)27-21(25)20(23-22)18(24)13-26-12-16-7-5-4-6-8-16/h4-8,14-15,17,19H,9-13H2,1-3H3/t15-,17+,19-/m1/s1/i12D2. The van der Waals surface area contributed by atoms with Crippen molar-refractivity contribution >= 4 is 17.5 Å². The molecule has 0 N–H and O–H groups in total. The van der Waals surface area contributed by atoms with Crippen LogP contribution >= 0.6 is 0 Å². The minimum absolute atomic E-state index is 0.175. The van der Waals surface area contributed by atoms with E-state index in [4.69, 9.17) is 12.2 Å². The van der Waals surface area contributed by atoms with Crippen LogP contribution in [0.5, 0.6) is 0 Å². The van der Waals surface area contributed by atoms with Gasteiger partial charge >= 0.3 is 11.7 Å². The van der Waals surface area contributed by atoms with Gasteiger partial charge in [0.15, 0.2) is 0 Å². The Hall–Kier alpha value is -2.30. The molecular formula is C21H28N2O4. The van der Waals surface area contributed by atoms with E-state index in [2.05, 4.69) is 25.6 Å². The predicted octanol–water partition coefficient (Wildman–Crippen LogP) is 3.45. The molecule has 6 nitrogen and oxygen atoms in total. The number of carbonyl (C=O) groups excluding carboxylic acids is 2. The van der Waals surface area contributed by atoms with E-state index in [0.717, 1.165) is 12.8 Å². The molecule has 1 aliphatic rings. The Labute approximate surface area is 163 Å². The fourth-order valence-electron chi connectivity index (χ4n) is 3.41. The number of carbonyl (C=O) groups is 2. The first-order valence-corrected chi connectivity index (χ1v) is 9.31. The first kappa shape index (κ1) is 18.1. The zero-order chi connectivity index (χ0) is 21.6. The Bertz CT molecular complexity index is 776. The highest BCUT2D eigenvalue weighted by Gasteiger charge is 2.38. The van der Waals surface area contributed by atoms with E-state index in [1.54, 1.807) is 18.2 Å². The molecule has 6 heteroatoms. The van der Waals surface area contributed by atoms with Gasteiger partial charge in [-0.3, -0.25) is 4.79 Å². The normalized spacial score (nSPS) is 23.8. The topological polar surface area (TPSA) is 89.0 Å². The number of hydrogen-bond acceptors (Lipinski definition) is 4. The molecule has 0 heterocycles. The van der Waals surface area contributed by atoms with E-state index in [9.17, 15) is 15.1 Å². The fraction of sp³-hybridized carbons (Fsp3) is 0.571. The maximum atomic E-state index is 12.5. The van der Waals surface area contributed by atoms with Crippen LogP contribution in [-0.4, -0.2) is 35.0 Å². The van der Waals surface area contributed by atoms with Crippen molar-refractivity contribution in [2.75, 3.05) is 6.61 Å². The molecule has 0 amide bonds. The third kappa shape index (κ3) is 6.12. The van der Waals surface area contributed by atoms with Crippen LogP contribution in [0.25, 0.3) is 5.53 Å². The monoisotopic (exact) mass is 374 g/mol. The van der Waals surface area contributed by atoms with E-state index in [0.29, 0.717) is 18.3 Å². The highest BCUT2D eigenvalue weighted by molar-refractivity contribution is 6.62. The largest absolute Gasteiger partial charge is 0.453 e. The minimum Gasteiger partial charge on any atom is -0.453 e. The van der Waals surface area contributed by atoms with Gasteiger partial charge in [-0.25, -0.2) is 4.79 Å². The number of benzene rings is 1. The Kier molecular flexibility index (Phi) is 6.79. The van der Waals surface area contributed by atoms with Crippen LogP contribution in [0.15, 0.2) is 30.3 Å². The summed E-state index contributed by atoms with van der Waals surface area (Å²) in [6.07, 6.45) is 2.32. The molecule has 0 radical (unpaired) electrons. The predicted molar refractivity (Wildman–Crippen MR) is 101 cm³/mol. The second-order valence-corrected chi connectivity index (χ2v) is 7.40. The van der Waals surface area contributed by atoms with Gasteiger partial charge in [0.1, 0.15) is 12.7 Å². The van der Waals surface area contributed by atoms with E-state index in [1.807, 2.05) is 0 Å². The second-order valence-electron chi connectivity index (χ2n) is 7.40. The Morgan fingerprint density at radius 2 is 2.00 bits per heavy atom. The van der Waals surface area contributed by atoms with Crippen molar-refractivity contribution in [2.24, 2.45) is 17.8 Å². The van der Waals surface area contributed by atoms with Crippen LogP contribution in [0.4, 0.5) is 0 Å². The number of hydrogen-bond donors (Lipinski definition) is 0. The van der Waals surface area contributed by atoms with Crippen LogP contribution in [0.1, 0.15) is 48.3 Å². The van der Waals surface area contributed by atoms with Crippen LogP contribution in [0, 0.1) is 17.8 Å². The molecule has 1 aliphatic carbocycles. The molecule has 27 heavy (non-hydrogen) atoms. The lowest BCUT2D eigenvalue weighted by atomic mass is 9.75. The van der Waals surface area contributed by atoms with Crippen molar-refractivity contribution in [3.63, 3.8) is 0 Å². The van der Waals surface area contributed by atoms with E-state index in [1.165, 1.54) is 12.1 Å². The molecule has 0 bridgehead atoms. The smallest absolute Gasteiger partial charge is 0.443 e. The van der Waals surface area contributed by atoms with E-state index < -0.39 is 30.6 Å². The zero-order valence-electron chi connectivity index (χ0n) is 18.1. The van der Waals surface area contributed by atoms with Gasteiger partial charge in [0.05, 0.1) is 9.30 Å². The average Bonchev–Trinajstić information content (AvgIpc) is 2.67. The van der Waals surface area contributed by atoms with Crippen molar-refractivity contribution < 1.29 is 26.6 Å². The molecule has 0 saturated heterocycles. The van der Waals surface area contributed by atoms with E-state index in [-0.39, 0.29) is 17.6 Å². The lowest BCUT2D eigenvalue weighted by molar-refractivity contribution is -0.153. The molecule has 146 valence electrons. The van der Waals surface area contributed by atoms with E-state index >= 15 is 0 Å². The summed E-state index contributed by atoms with van der Waals surface area (Å²) >= 11 is 0. The molecular weight excluding hydrogens is 344 g/mol. The second kappa shape index (κ2) is 10.1. The van der Waals surface area contributed by atoms with Crippen molar-refractivity contribution in [1.82, 2.24) is 0 Å². The quantitative estimate of drug-likeness (QED) is 0.229. The fourth-order valence-corrected chi connectivity index (χ4v) is 3.41. The van der Waals surface area contributed by atoms with Gasteiger partial charge in [0.25, 0.3) is 5.78 Å². The summed E-state index contributed by atoms with van der Waals surface area (Å²) < 4.78 is 26.5. The van der Waals surface area contributed by atoms with Gasteiger partial charge in [-0.1, -0.05) is 57.5 Å². The Morgan fingerprint density at radius 1 is 1.30 bits per heavy atom. The van der Waals surface area contributed by atoms with Crippen LogP contribution < -0.4 is 0 Å². The highest BCUT2D eigenvalue weighted by Crippen LogP contribution is 2.35. The van der Waals surface area contributed by atoms with Crippen LogP contribution in [0.3, 0.4) is 0 Å². The third-order valence-electron chi connectivity index (χ3n) is 4.94. The number of nitrogens with zero attached hydrogens (tertiary/aromatic N) is 2. The maximum Gasteiger partial charge on any atom is 0.443 e. The molecule has 3 atom stereocenters. The number of esters is 1.